The normalized spacial score (nSPS) is 16.4. The number of amides is 1. The Balaban J connectivity index is 1.95. The van der Waals surface area contributed by atoms with E-state index in [4.69, 9.17) is 9.47 Å². The molecule has 3 rings (SSSR count). The number of fused-ring (bicyclic) bond motifs is 1. The summed E-state index contributed by atoms with van der Waals surface area (Å²) in [6, 6.07) is 6.97. The van der Waals surface area contributed by atoms with Gasteiger partial charge in [0.05, 0.1) is 24.2 Å². The second-order valence-electron chi connectivity index (χ2n) is 7.97. The number of methoxy groups -OCH3 is 1. The van der Waals surface area contributed by atoms with Gasteiger partial charge in [0.15, 0.2) is 11.6 Å². The van der Waals surface area contributed by atoms with Crippen molar-refractivity contribution in [3.63, 3.8) is 0 Å². The Bertz CT molecular complexity index is 1200. The quantitative estimate of drug-likeness (QED) is 0.591. The number of ether oxygens (including phenoxy) is 3. The number of rotatable bonds is 5. The van der Waals surface area contributed by atoms with Gasteiger partial charge in [0, 0.05) is 11.8 Å². The van der Waals surface area contributed by atoms with Crippen molar-refractivity contribution >= 4 is 27.5 Å². The standard InChI is InChI=1S/C21H22F4N2O6S/c1-12-11-27(34(29,30)14-6-7-15(22)18(10-14)31-4)16-9-13(5-8-17(16)32-12)26-19(28)33-20(2,3)21(23,24)25/h5-10,12H,11H2,1-4H3,(H,26,28)/t12-/m0/s1. The van der Waals surface area contributed by atoms with Gasteiger partial charge in [-0.1, -0.05) is 0 Å². The third-order valence-corrected chi connectivity index (χ3v) is 6.74. The summed E-state index contributed by atoms with van der Waals surface area (Å²) in [4.78, 5) is 11.8. The molecule has 1 N–H and O–H groups in total. The zero-order valence-electron chi connectivity index (χ0n) is 18.6. The summed E-state index contributed by atoms with van der Waals surface area (Å²) >= 11 is 0. The van der Waals surface area contributed by atoms with E-state index in [9.17, 15) is 30.8 Å². The predicted octanol–water partition coefficient (Wildman–Crippen LogP) is 4.70. The molecule has 186 valence electrons. The Morgan fingerprint density at radius 2 is 1.85 bits per heavy atom. The Hall–Kier alpha value is -3.22. The van der Waals surface area contributed by atoms with Crippen molar-refractivity contribution in [2.24, 2.45) is 0 Å². The molecule has 0 unspecified atom stereocenters. The van der Waals surface area contributed by atoms with Gasteiger partial charge in [-0.25, -0.2) is 17.6 Å². The van der Waals surface area contributed by atoms with Crippen molar-refractivity contribution in [1.82, 2.24) is 0 Å². The van der Waals surface area contributed by atoms with E-state index < -0.39 is 39.8 Å². The third kappa shape index (κ3) is 4.98. The van der Waals surface area contributed by atoms with Crippen LogP contribution in [0.25, 0.3) is 0 Å². The van der Waals surface area contributed by atoms with Crippen molar-refractivity contribution in [2.75, 3.05) is 23.3 Å². The van der Waals surface area contributed by atoms with Crippen LogP contribution in [-0.4, -0.2) is 46.0 Å². The molecule has 8 nitrogen and oxygen atoms in total. The lowest BCUT2D eigenvalue weighted by molar-refractivity contribution is -0.242. The molecular formula is C21H22F4N2O6S. The molecule has 34 heavy (non-hydrogen) atoms. The predicted molar refractivity (Wildman–Crippen MR) is 114 cm³/mol. The van der Waals surface area contributed by atoms with Crippen LogP contribution in [0.3, 0.4) is 0 Å². The van der Waals surface area contributed by atoms with Crippen LogP contribution < -0.4 is 19.1 Å². The average molecular weight is 506 g/mol. The zero-order chi connectivity index (χ0) is 25.5. The highest BCUT2D eigenvalue weighted by Crippen LogP contribution is 2.40. The van der Waals surface area contributed by atoms with Crippen molar-refractivity contribution in [1.29, 1.82) is 0 Å². The second kappa shape index (κ2) is 8.85. The highest BCUT2D eigenvalue weighted by molar-refractivity contribution is 7.92. The number of nitrogens with zero attached hydrogens (tertiary/aromatic N) is 1. The van der Waals surface area contributed by atoms with E-state index in [1.165, 1.54) is 25.3 Å². The molecule has 1 heterocycles. The van der Waals surface area contributed by atoms with E-state index in [0.29, 0.717) is 13.8 Å². The number of halogens is 4. The van der Waals surface area contributed by atoms with Crippen molar-refractivity contribution in [3.05, 3.63) is 42.2 Å². The van der Waals surface area contributed by atoms with E-state index in [1.807, 2.05) is 0 Å². The smallest absolute Gasteiger partial charge is 0.427 e. The number of carbonyl (C=O) groups excluding carboxylic acids is 1. The summed E-state index contributed by atoms with van der Waals surface area (Å²) in [7, 11) is -3.04. The number of anilines is 2. The molecule has 1 aliphatic heterocycles. The topological polar surface area (TPSA) is 94.2 Å². The first-order valence-electron chi connectivity index (χ1n) is 9.89. The highest BCUT2D eigenvalue weighted by Gasteiger charge is 2.51. The van der Waals surface area contributed by atoms with Gasteiger partial charge < -0.3 is 14.2 Å². The molecule has 1 atom stereocenters. The fourth-order valence-electron chi connectivity index (χ4n) is 3.06. The molecule has 0 saturated heterocycles. The zero-order valence-corrected chi connectivity index (χ0v) is 19.4. The number of nitrogens with one attached hydrogen (secondary N) is 1. The van der Waals surface area contributed by atoms with Crippen LogP contribution in [0.4, 0.5) is 33.7 Å². The maximum atomic E-state index is 13.8. The van der Waals surface area contributed by atoms with Crippen LogP contribution in [0, 0.1) is 5.82 Å². The molecule has 1 amide bonds. The van der Waals surface area contributed by atoms with Crippen LogP contribution in [0.15, 0.2) is 41.3 Å². The van der Waals surface area contributed by atoms with E-state index >= 15 is 0 Å². The van der Waals surface area contributed by atoms with Crippen LogP contribution in [-0.2, 0) is 14.8 Å². The van der Waals surface area contributed by atoms with Crippen LogP contribution in [0.2, 0.25) is 0 Å². The number of carbonyl (C=O) groups is 1. The van der Waals surface area contributed by atoms with Gasteiger partial charge in [0.1, 0.15) is 11.9 Å². The minimum absolute atomic E-state index is 0.0225. The van der Waals surface area contributed by atoms with Crippen molar-refractivity contribution in [2.45, 2.75) is 43.5 Å². The van der Waals surface area contributed by atoms with Gasteiger partial charge in [-0.3, -0.25) is 9.62 Å². The lowest BCUT2D eigenvalue weighted by atomic mass is 10.1. The number of alkyl halides is 3. The monoisotopic (exact) mass is 506 g/mol. The van der Waals surface area contributed by atoms with Gasteiger partial charge in [-0.15, -0.1) is 0 Å². The third-order valence-electron chi connectivity index (χ3n) is 4.97. The molecule has 0 radical (unpaired) electrons. The fourth-order valence-corrected chi connectivity index (χ4v) is 4.62. The molecule has 2 aromatic carbocycles. The lowest BCUT2D eigenvalue weighted by Gasteiger charge is -2.34. The molecular weight excluding hydrogens is 484 g/mol. The number of hydrogen-bond donors (Lipinski definition) is 1. The van der Waals surface area contributed by atoms with E-state index in [2.05, 4.69) is 10.1 Å². The van der Waals surface area contributed by atoms with Crippen molar-refractivity contribution < 1.29 is 45.0 Å². The molecule has 0 saturated carbocycles. The van der Waals surface area contributed by atoms with Gasteiger partial charge in [0.25, 0.3) is 10.0 Å². The first kappa shape index (κ1) is 25.4. The van der Waals surface area contributed by atoms with E-state index in [-0.39, 0.29) is 34.3 Å². The van der Waals surface area contributed by atoms with Gasteiger partial charge >= 0.3 is 12.3 Å². The van der Waals surface area contributed by atoms with Gasteiger partial charge in [-0.05, 0) is 51.1 Å². The maximum absolute atomic E-state index is 13.8. The summed E-state index contributed by atoms with van der Waals surface area (Å²) in [6.45, 7) is 2.91. The average Bonchev–Trinajstić information content (AvgIpc) is 2.72. The lowest BCUT2D eigenvalue weighted by Crippen LogP contribution is -2.44. The summed E-state index contributed by atoms with van der Waals surface area (Å²) in [5, 5.41) is 2.16. The van der Waals surface area contributed by atoms with Crippen LogP contribution in [0.5, 0.6) is 11.5 Å². The Kier molecular flexibility index (Phi) is 6.62. The number of sulfonamides is 1. The van der Waals surface area contributed by atoms with E-state index in [1.54, 1.807) is 6.92 Å². The largest absolute Gasteiger partial charge is 0.494 e. The van der Waals surface area contributed by atoms with Crippen LogP contribution >= 0.6 is 0 Å². The Morgan fingerprint density at radius 3 is 2.47 bits per heavy atom. The Morgan fingerprint density at radius 1 is 1.18 bits per heavy atom. The van der Waals surface area contributed by atoms with Gasteiger partial charge in [0.2, 0.25) is 5.60 Å². The minimum Gasteiger partial charge on any atom is -0.494 e. The first-order chi connectivity index (χ1) is 15.7. The molecule has 1 aliphatic rings. The molecule has 0 aliphatic carbocycles. The summed E-state index contributed by atoms with van der Waals surface area (Å²) in [5.41, 5.74) is -2.76. The van der Waals surface area contributed by atoms with Gasteiger partial charge in [-0.2, -0.15) is 13.2 Å². The second-order valence-corrected chi connectivity index (χ2v) is 9.83. The number of hydrogen-bond acceptors (Lipinski definition) is 6. The summed E-state index contributed by atoms with van der Waals surface area (Å²) in [5.74, 6) is -0.858. The molecule has 2 aromatic rings. The molecule has 13 heteroatoms. The molecule has 0 fully saturated rings. The molecule has 0 spiro atoms. The molecule has 0 aromatic heterocycles. The van der Waals surface area contributed by atoms with Crippen molar-refractivity contribution in [3.8, 4) is 11.5 Å². The Labute approximate surface area is 193 Å². The maximum Gasteiger partial charge on any atom is 0.427 e. The highest BCUT2D eigenvalue weighted by atomic mass is 32.2. The summed E-state index contributed by atoms with van der Waals surface area (Å²) < 4.78 is 95.5. The van der Waals surface area contributed by atoms with E-state index in [0.717, 1.165) is 22.5 Å². The first-order valence-corrected chi connectivity index (χ1v) is 11.3. The molecule has 0 bridgehead atoms. The SMILES string of the molecule is COc1cc(S(=O)(=O)N2C[C@H](C)Oc3ccc(NC(=O)OC(C)(C)C(F)(F)F)cc32)ccc1F. The summed E-state index contributed by atoms with van der Waals surface area (Å²) in [6.07, 6.45) is -6.74. The minimum atomic E-state index is -4.80. The number of benzene rings is 2. The van der Waals surface area contributed by atoms with Crippen LogP contribution in [0.1, 0.15) is 20.8 Å². The fraction of sp³-hybridized carbons (Fsp3) is 0.381.